The molecule has 2 aromatic carbocycles. The van der Waals surface area contributed by atoms with Crippen LogP contribution < -0.4 is 0 Å². The van der Waals surface area contributed by atoms with Gasteiger partial charge >= 0.3 is 0 Å². The highest BCUT2D eigenvalue weighted by Crippen LogP contribution is 2.33. The van der Waals surface area contributed by atoms with Crippen molar-refractivity contribution >= 4 is 0 Å². The molecule has 1 saturated heterocycles. The summed E-state index contributed by atoms with van der Waals surface area (Å²) in [6.45, 7) is 4.47. The Morgan fingerprint density at radius 3 is 2.52 bits per heavy atom. The van der Waals surface area contributed by atoms with E-state index in [0.717, 1.165) is 6.42 Å². The maximum absolute atomic E-state index is 14.5. The van der Waals surface area contributed by atoms with E-state index in [1.54, 1.807) is 12.1 Å². The predicted octanol–water partition coefficient (Wildman–Crippen LogP) is 5.34. The van der Waals surface area contributed by atoms with Crippen LogP contribution in [0.4, 0.5) is 13.2 Å². The molecule has 0 bridgehead atoms. The standard InChI is InChI=1S/C20H21F3O2/c1-3-24-14-6-9-18(25-11-14)16-8-5-13(10-17(16)21)15-7-4-12(2)19(22)20(15)23/h4-5,7-8,10,14,18H,3,6,9,11H2,1-2H3. The number of rotatable bonds is 4. The van der Waals surface area contributed by atoms with Gasteiger partial charge in [-0.3, -0.25) is 0 Å². The van der Waals surface area contributed by atoms with E-state index >= 15 is 0 Å². The molecule has 0 aromatic heterocycles. The van der Waals surface area contributed by atoms with Crippen LogP contribution in [-0.4, -0.2) is 19.3 Å². The van der Waals surface area contributed by atoms with Gasteiger partial charge in [0.05, 0.1) is 18.8 Å². The van der Waals surface area contributed by atoms with Gasteiger partial charge < -0.3 is 9.47 Å². The van der Waals surface area contributed by atoms with Crippen LogP contribution in [0, 0.1) is 24.4 Å². The van der Waals surface area contributed by atoms with Gasteiger partial charge in [-0.1, -0.05) is 24.3 Å². The van der Waals surface area contributed by atoms with Crippen molar-refractivity contribution < 1.29 is 22.6 Å². The first-order chi connectivity index (χ1) is 12.0. The molecule has 0 aliphatic carbocycles. The molecule has 2 aromatic rings. The van der Waals surface area contributed by atoms with Gasteiger partial charge in [0.1, 0.15) is 5.82 Å². The summed E-state index contributed by atoms with van der Waals surface area (Å²) in [5.41, 5.74) is 1.01. The summed E-state index contributed by atoms with van der Waals surface area (Å²) in [6, 6.07) is 7.38. The highest BCUT2D eigenvalue weighted by molar-refractivity contribution is 5.65. The lowest BCUT2D eigenvalue weighted by atomic mass is 9.96. The quantitative estimate of drug-likeness (QED) is 0.741. The van der Waals surface area contributed by atoms with Crippen LogP contribution in [0.15, 0.2) is 30.3 Å². The molecular weight excluding hydrogens is 329 g/mol. The highest BCUT2D eigenvalue weighted by atomic mass is 19.2. The third-order valence-corrected chi connectivity index (χ3v) is 4.57. The van der Waals surface area contributed by atoms with E-state index in [0.29, 0.717) is 30.8 Å². The van der Waals surface area contributed by atoms with Crippen LogP contribution in [-0.2, 0) is 9.47 Å². The molecule has 0 amide bonds. The summed E-state index contributed by atoms with van der Waals surface area (Å²) in [7, 11) is 0. The molecule has 0 saturated carbocycles. The van der Waals surface area contributed by atoms with E-state index in [1.807, 2.05) is 6.92 Å². The number of hydrogen-bond acceptors (Lipinski definition) is 2. The van der Waals surface area contributed by atoms with E-state index in [4.69, 9.17) is 9.47 Å². The predicted molar refractivity (Wildman–Crippen MR) is 89.8 cm³/mol. The lowest BCUT2D eigenvalue weighted by molar-refractivity contribution is -0.0849. The molecule has 5 heteroatoms. The smallest absolute Gasteiger partial charge is 0.166 e. The van der Waals surface area contributed by atoms with E-state index < -0.39 is 17.5 Å². The van der Waals surface area contributed by atoms with Crippen molar-refractivity contribution in [3.63, 3.8) is 0 Å². The van der Waals surface area contributed by atoms with Crippen molar-refractivity contribution in [1.82, 2.24) is 0 Å². The van der Waals surface area contributed by atoms with Crippen LogP contribution in [0.1, 0.15) is 37.0 Å². The topological polar surface area (TPSA) is 18.5 Å². The Morgan fingerprint density at radius 2 is 1.88 bits per heavy atom. The van der Waals surface area contributed by atoms with Gasteiger partial charge in [0.25, 0.3) is 0 Å². The van der Waals surface area contributed by atoms with Gasteiger partial charge in [0.15, 0.2) is 11.6 Å². The first kappa shape index (κ1) is 18.0. The van der Waals surface area contributed by atoms with Crippen molar-refractivity contribution in [3.05, 3.63) is 58.9 Å². The average molecular weight is 350 g/mol. The largest absolute Gasteiger partial charge is 0.376 e. The molecule has 0 spiro atoms. The monoisotopic (exact) mass is 350 g/mol. The number of benzene rings is 2. The summed E-state index contributed by atoms with van der Waals surface area (Å²) in [5.74, 6) is -2.34. The molecule has 3 rings (SSSR count). The van der Waals surface area contributed by atoms with Crippen LogP contribution in [0.5, 0.6) is 0 Å². The molecule has 2 unspecified atom stereocenters. The first-order valence-corrected chi connectivity index (χ1v) is 8.48. The van der Waals surface area contributed by atoms with Gasteiger partial charge in [-0.25, -0.2) is 13.2 Å². The molecule has 2 atom stereocenters. The summed E-state index contributed by atoms with van der Waals surface area (Å²) >= 11 is 0. The zero-order valence-corrected chi connectivity index (χ0v) is 14.3. The summed E-state index contributed by atoms with van der Waals surface area (Å²) < 4.78 is 53.6. The average Bonchev–Trinajstić information content (AvgIpc) is 2.61. The van der Waals surface area contributed by atoms with Gasteiger partial charge in [-0.2, -0.15) is 0 Å². The Morgan fingerprint density at radius 1 is 1.08 bits per heavy atom. The van der Waals surface area contributed by atoms with Gasteiger partial charge in [-0.05, 0) is 43.9 Å². The Labute approximate surface area is 145 Å². The molecule has 1 fully saturated rings. The summed E-state index contributed by atoms with van der Waals surface area (Å²) in [6.07, 6.45) is 1.17. The first-order valence-electron chi connectivity index (χ1n) is 8.48. The van der Waals surface area contributed by atoms with Gasteiger partial charge in [0, 0.05) is 17.7 Å². The minimum absolute atomic E-state index is 0.0493. The van der Waals surface area contributed by atoms with E-state index in [-0.39, 0.29) is 23.3 Å². The van der Waals surface area contributed by atoms with Crippen LogP contribution in [0.2, 0.25) is 0 Å². The van der Waals surface area contributed by atoms with Crippen molar-refractivity contribution in [2.75, 3.05) is 13.2 Å². The van der Waals surface area contributed by atoms with E-state index in [1.165, 1.54) is 25.1 Å². The number of hydrogen-bond donors (Lipinski definition) is 0. The lowest BCUT2D eigenvalue weighted by Gasteiger charge is -2.29. The minimum atomic E-state index is -0.958. The minimum Gasteiger partial charge on any atom is -0.376 e. The molecule has 134 valence electrons. The maximum atomic E-state index is 14.5. The molecular formula is C20H21F3O2. The molecule has 1 aliphatic heterocycles. The van der Waals surface area contributed by atoms with Crippen molar-refractivity contribution in [1.29, 1.82) is 0 Å². The fraction of sp³-hybridized carbons (Fsp3) is 0.400. The Hall–Kier alpha value is -1.85. The Bertz CT molecular complexity index is 753. The van der Waals surface area contributed by atoms with Crippen molar-refractivity contribution in [2.45, 2.75) is 38.9 Å². The zero-order chi connectivity index (χ0) is 18.0. The van der Waals surface area contributed by atoms with Gasteiger partial charge in [-0.15, -0.1) is 0 Å². The Kier molecular flexibility index (Phi) is 5.45. The second kappa shape index (κ2) is 7.58. The molecule has 0 radical (unpaired) electrons. The highest BCUT2D eigenvalue weighted by Gasteiger charge is 2.25. The maximum Gasteiger partial charge on any atom is 0.166 e. The number of halogens is 3. The van der Waals surface area contributed by atoms with Crippen LogP contribution in [0.3, 0.4) is 0 Å². The molecule has 1 aliphatic rings. The van der Waals surface area contributed by atoms with E-state index in [2.05, 4.69) is 0 Å². The summed E-state index contributed by atoms with van der Waals surface area (Å²) in [4.78, 5) is 0. The Balaban J connectivity index is 1.81. The number of ether oxygens (including phenoxy) is 2. The lowest BCUT2D eigenvalue weighted by Crippen LogP contribution is -2.27. The second-order valence-electron chi connectivity index (χ2n) is 6.27. The zero-order valence-electron chi connectivity index (χ0n) is 14.3. The number of aryl methyl sites for hydroxylation is 1. The van der Waals surface area contributed by atoms with Crippen molar-refractivity contribution in [2.24, 2.45) is 0 Å². The van der Waals surface area contributed by atoms with Crippen LogP contribution >= 0.6 is 0 Å². The van der Waals surface area contributed by atoms with Crippen LogP contribution in [0.25, 0.3) is 11.1 Å². The van der Waals surface area contributed by atoms with Crippen molar-refractivity contribution in [3.8, 4) is 11.1 Å². The molecule has 1 heterocycles. The van der Waals surface area contributed by atoms with Gasteiger partial charge in [0.2, 0.25) is 0 Å². The normalized spacial score (nSPS) is 20.7. The molecule has 2 nitrogen and oxygen atoms in total. The third kappa shape index (κ3) is 3.72. The molecule has 25 heavy (non-hydrogen) atoms. The third-order valence-electron chi connectivity index (χ3n) is 4.57. The second-order valence-corrected chi connectivity index (χ2v) is 6.27. The fourth-order valence-electron chi connectivity index (χ4n) is 3.16. The molecule has 0 N–H and O–H groups in total. The summed E-state index contributed by atoms with van der Waals surface area (Å²) in [5, 5.41) is 0. The van der Waals surface area contributed by atoms with E-state index in [9.17, 15) is 13.2 Å². The fourth-order valence-corrected chi connectivity index (χ4v) is 3.16. The SMILES string of the molecule is CCOC1CCC(c2ccc(-c3ccc(C)c(F)c3F)cc2F)OC1.